The van der Waals surface area contributed by atoms with E-state index in [4.69, 9.17) is 0 Å². The summed E-state index contributed by atoms with van der Waals surface area (Å²) in [5, 5.41) is 0. The molecule has 2 rings (SSSR count). The first-order valence-corrected chi connectivity index (χ1v) is 7.71. The van der Waals surface area contributed by atoms with Crippen LogP contribution in [-0.4, -0.2) is 0 Å². The fourth-order valence-electron chi connectivity index (χ4n) is 4.25. The Balaban J connectivity index is 2.63. The molecular formula is C21H26. The number of hydrogen-bond acceptors (Lipinski definition) is 0. The van der Waals surface area contributed by atoms with Gasteiger partial charge in [0.05, 0.1) is 0 Å². The maximum Gasteiger partial charge on any atom is 0.00333 e. The van der Waals surface area contributed by atoms with Gasteiger partial charge in [0.25, 0.3) is 0 Å². The lowest BCUT2D eigenvalue weighted by Crippen LogP contribution is -2.28. The van der Waals surface area contributed by atoms with E-state index < -0.39 is 0 Å². The predicted octanol–water partition coefficient (Wildman–Crippen LogP) is 5.87. The summed E-state index contributed by atoms with van der Waals surface area (Å²) in [5.74, 6) is 0. The fraction of sp³-hybridized carbons (Fsp3) is 0.333. The molecule has 0 fully saturated rings. The molecule has 0 saturated carbocycles. The van der Waals surface area contributed by atoms with Crippen LogP contribution in [0.4, 0.5) is 0 Å². The summed E-state index contributed by atoms with van der Waals surface area (Å²) >= 11 is 0. The van der Waals surface area contributed by atoms with Crippen molar-refractivity contribution in [1.82, 2.24) is 0 Å². The third kappa shape index (κ3) is 2.55. The molecule has 0 radical (unpaired) electrons. The number of rotatable bonds is 8. The van der Waals surface area contributed by atoms with Crippen molar-refractivity contribution in [1.29, 1.82) is 0 Å². The number of allylic oxidation sites excluding steroid dienone is 4. The average Bonchev–Trinajstić information content (AvgIpc) is 2.72. The molecule has 0 heterocycles. The van der Waals surface area contributed by atoms with Crippen LogP contribution >= 0.6 is 0 Å². The van der Waals surface area contributed by atoms with Gasteiger partial charge in [-0.2, -0.15) is 0 Å². The van der Waals surface area contributed by atoms with Gasteiger partial charge < -0.3 is 0 Å². The molecule has 0 aliphatic heterocycles. The second kappa shape index (κ2) is 6.30. The monoisotopic (exact) mass is 278 g/mol. The zero-order chi connectivity index (χ0) is 15.3. The predicted molar refractivity (Wildman–Crippen MR) is 93.7 cm³/mol. The molecule has 0 aromatic heterocycles. The van der Waals surface area contributed by atoms with E-state index in [0.29, 0.717) is 0 Å². The van der Waals surface area contributed by atoms with Gasteiger partial charge in [0.2, 0.25) is 0 Å². The van der Waals surface area contributed by atoms with Crippen molar-refractivity contribution in [2.45, 2.75) is 42.9 Å². The van der Waals surface area contributed by atoms with Crippen molar-refractivity contribution in [3.63, 3.8) is 0 Å². The van der Waals surface area contributed by atoms with Gasteiger partial charge in [-0.1, -0.05) is 48.6 Å². The second-order valence-corrected chi connectivity index (χ2v) is 6.25. The van der Waals surface area contributed by atoms with Crippen LogP contribution in [0, 0.1) is 0 Å². The van der Waals surface area contributed by atoms with Crippen molar-refractivity contribution >= 4 is 0 Å². The molecule has 0 spiro atoms. The van der Waals surface area contributed by atoms with E-state index in [1.807, 2.05) is 0 Å². The van der Waals surface area contributed by atoms with E-state index >= 15 is 0 Å². The van der Waals surface area contributed by atoms with E-state index in [1.165, 1.54) is 11.1 Å². The molecule has 0 N–H and O–H groups in total. The molecule has 0 heteroatoms. The van der Waals surface area contributed by atoms with Gasteiger partial charge in [-0.25, -0.2) is 0 Å². The molecule has 0 bridgehead atoms. The largest absolute Gasteiger partial charge is 0.103 e. The van der Waals surface area contributed by atoms with Gasteiger partial charge in [-0.05, 0) is 43.2 Å². The summed E-state index contributed by atoms with van der Waals surface area (Å²) in [7, 11) is 0. The zero-order valence-corrected chi connectivity index (χ0v) is 13.0. The van der Waals surface area contributed by atoms with Gasteiger partial charge in [0.1, 0.15) is 0 Å². The van der Waals surface area contributed by atoms with Crippen LogP contribution in [0.15, 0.2) is 74.9 Å². The van der Waals surface area contributed by atoms with E-state index in [9.17, 15) is 0 Å². The van der Waals surface area contributed by atoms with Gasteiger partial charge in [-0.3, -0.25) is 0 Å². The Morgan fingerprint density at radius 3 is 1.33 bits per heavy atom. The Hall–Kier alpha value is -1.82. The van der Waals surface area contributed by atoms with Gasteiger partial charge >= 0.3 is 0 Å². The van der Waals surface area contributed by atoms with Crippen LogP contribution in [0.25, 0.3) is 0 Å². The number of benzene rings is 1. The molecule has 0 atom stereocenters. The van der Waals surface area contributed by atoms with Crippen LogP contribution in [0.3, 0.4) is 0 Å². The Bertz CT molecular complexity index is 478. The third-order valence-corrected chi connectivity index (χ3v) is 4.89. The number of hydrogen-bond donors (Lipinski definition) is 0. The van der Waals surface area contributed by atoms with Crippen LogP contribution in [0.2, 0.25) is 0 Å². The Labute approximate surface area is 129 Å². The molecule has 21 heavy (non-hydrogen) atoms. The van der Waals surface area contributed by atoms with Crippen molar-refractivity contribution in [2.75, 3.05) is 0 Å². The summed E-state index contributed by atoms with van der Waals surface area (Å²) < 4.78 is 0. The van der Waals surface area contributed by atoms with E-state index in [2.05, 4.69) is 74.9 Å². The molecule has 0 nitrogen and oxygen atoms in total. The van der Waals surface area contributed by atoms with Gasteiger partial charge in [0.15, 0.2) is 0 Å². The number of fused-ring (bicyclic) bond motifs is 1. The first kappa shape index (κ1) is 15.6. The molecule has 0 unspecified atom stereocenters. The highest BCUT2D eigenvalue weighted by molar-refractivity contribution is 5.48. The molecule has 1 aliphatic carbocycles. The fourth-order valence-corrected chi connectivity index (χ4v) is 4.25. The minimum atomic E-state index is 0.131. The molecule has 1 aliphatic rings. The smallest absolute Gasteiger partial charge is 0.00333 e. The molecule has 1 aromatic rings. The standard InChI is InChI=1S/C21H26/c1-5-13-20(14-6-2)17-21(15-7-3,16-8-4)19-12-10-9-11-18(19)20/h5-12H,1-4,13-17H2. The highest BCUT2D eigenvalue weighted by Gasteiger charge is 2.49. The normalized spacial score (nSPS) is 17.7. The molecule has 110 valence electrons. The topological polar surface area (TPSA) is 0 Å². The van der Waals surface area contributed by atoms with E-state index in [-0.39, 0.29) is 10.8 Å². The van der Waals surface area contributed by atoms with Crippen LogP contribution < -0.4 is 0 Å². The Morgan fingerprint density at radius 1 is 0.714 bits per heavy atom. The summed E-state index contributed by atoms with van der Waals surface area (Å²) in [5.41, 5.74) is 3.19. The zero-order valence-electron chi connectivity index (χ0n) is 13.0. The van der Waals surface area contributed by atoms with Crippen molar-refractivity contribution < 1.29 is 0 Å². The van der Waals surface area contributed by atoms with E-state index in [0.717, 1.165) is 32.1 Å². The SMILES string of the molecule is C=CCC1(CC=C)CC(CC=C)(CC=C)c2ccccc21. The highest BCUT2D eigenvalue weighted by Crippen LogP contribution is 2.56. The highest BCUT2D eigenvalue weighted by atomic mass is 14.5. The lowest BCUT2D eigenvalue weighted by atomic mass is 9.70. The summed E-state index contributed by atoms with van der Waals surface area (Å²) in [6.07, 6.45) is 13.3. The Kier molecular flexibility index (Phi) is 4.67. The quantitative estimate of drug-likeness (QED) is 0.522. The van der Waals surface area contributed by atoms with Crippen molar-refractivity contribution in [3.8, 4) is 0 Å². The van der Waals surface area contributed by atoms with Gasteiger partial charge in [-0.15, -0.1) is 26.3 Å². The van der Waals surface area contributed by atoms with Crippen molar-refractivity contribution in [2.24, 2.45) is 0 Å². The summed E-state index contributed by atoms with van der Waals surface area (Å²) in [6.45, 7) is 16.0. The summed E-state index contributed by atoms with van der Waals surface area (Å²) in [4.78, 5) is 0. The van der Waals surface area contributed by atoms with E-state index in [1.54, 1.807) is 0 Å². The summed E-state index contributed by atoms with van der Waals surface area (Å²) in [6, 6.07) is 8.88. The van der Waals surface area contributed by atoms with Crippen LogP contribution in [0.1, 0.15) is 43.2 Å². The lowest BCUT2D eigenvalue weighted by molar-refractivity contribution is 0.320. The molecule has 0 saturated heterocycles. The Morgan fingerprint density at radius 2 is 1.05 bits per heavy atom. The molecule has 0 amide bonds. The molecular weight excluding hydrogens is 252 g/mol. The first-order valence-electron chi connectivity index (χ1n) is 7.71. The van der Waals surface area contributed by atoms with Crippen LogP contribution in [-0.2, 0) is 10.8 Å². The average molecular weight is 278 g/mol. The third-order valence-electron chi connectivity index (χ3n) is 4.89. The minimum absolute atomic E-state index is 0.131. The van der Waals surface area contributed by atoms with Crippen molar-refractivity contribution in [3.05, 3.63) is 86.0 Å². The first-order chi connectivity index (χ1) is 10.2. The maximum atomic E-state index is 3.99. The van der Waals surface area contributed by atoms with Crippen LogP contribution in [0.5, 0.6) is 0 Å². The lowest BCUT2D eigenvalue weighted by Gasteiger charge is -2.33. The maximum absolute atomic E-state index is 3.99. The van der Waals surface area contributed by atoms with Gasteiger partial charge in [0, 0.05) is 10.8 Å². The second-order valence-electron chi connectivity index (χ2n) is 6.25. The molecule has 1 aromatic carbocycles. The minimum Gasteiger partial charge on any atom is -0.103 e.